The molecular formula is C11H19NO2. The molecule has 2 rings (SSSR count). The number of nitrogens with one attached hydrogen (secondary N) is 1. The van der Waals surface area contributed by atoms with Crippen LogP contribution in [0.4, 0.5) is 0 Å². The van der Waals surface area contributed by atoms with Crippen molar-refractivity contribution in [2.75, 3.05) is 13.2 Å². The Morgan fingerprint density at radius 2 is 2.07 bits per heavy atom. The topological polar surface area (TPSA) is 38.3 Å². The van der Waals surface area contributed by atoms with E-state index in [-0.39, 0.29) is 18.1 Å². The first-order valence-corrected chi connectivity index (χ1v) is 5.61. The zero-order valence-corrected chi connectivity index (χ0v) is 8.84. The van der Waals surface area contributed by atoms with E-state index in [1.807, 2.05) is 0 Å². The van der Waals surface area contributed by atoms with Gasteiger partial charge in [-0.1, -0.05) is 19.3 Å². The Hall–Kier alpha value is -0.570. The predicted octanol–water partition coefficient (Wildman–Crippen LogP) is 1.47. The molecule has 3 heteroatoms. The second-order valence-electron chi connectivity index (χ2n) is 4.71. The maximum atomic E-state index is 11.0. The van der Waals surface area contributed by atoms with Crippen molar-refractivity contribution >= 4 is 5.91 Å². The molecule has 0 radical (unpaired) electrons. The van der Waals surface area contributed by atoms with Crippen LogP contribution in [0.25, 0.3) is 0 Å². The minimum absolute atomic E-state index is 0.0262. The fourth-order valence-electron chi connectivity index (χ4n) is 2.58. The molecule has 0 aromatic rings. The van der Waals surface area contributed by atoms with E-state index in [1.54, 1.807) is 0 Å². The second-order valence-corrected chi connectivity index (χ2v) is 4.71. The molecule has 1 saturated carbocycles. The monoisotopic (exact) mass is 197 g/mol. The van der Waals surface area contributed by atoms with E-state index in [0.29, 0.717) is 12.5 Å². The zero-order valence-electron chi connectivity index (χ0n) is 8.84. The lowest BCUT2D eigenvalue weighted by atomic mass is 9.77. The highest BCUT2D eigenvalue weighted by Crippen LogP contribution is 2.35. The third-order valence-corrected chi connectivity index (χ3v) is 3.64. The van der Waals surface area contributed by atoms with Gasteiger partial charge in [0, 0.05) is 6.54 Å². The van der Waals surface area contributed by atoms with Crippen LogP contribution >= 0.6 is 0 Å². The number of carbonyl (C=O) groups excluding carboxylic acids is 1. The standard InChI is InChI=1S/C11H19NO2/c1-11(8-12-10(13)7-14-11)9-5-3-2-4-6-9/h9H,2-8H2,1H3,(H,12,13). The number of ether oxygens (including phenoxy) is 1. The Balaban J connectivity index is 1.96. The quantitative estimate of drug-likeness (QED) is 0.691. The molecule has 1 unspecified atom stereocenters. The average Bonchev–Trinajstić information content (AvgIpc) is 2.24. The molecule has 0 aromatic carbocycles. The summed E-state index contributed by atoms with van der Waals surface area (Å²) < 4.78 is 5.71. The molecule has 14 heavy (non-hydrogen) atoms. The van der Waals surface area contributed by atoms with E-state index in [1.165, 1.54) is 32.1 Å². The molecule has 1 aliphatic heterocycles. The Kier molecular flexibility index (Phi) is 2.77. The van der Waals surface area contributed by atoms with E-state index in [4.69, 9.17) is 4.74 Å². The summed E-state index contributed by atoms with van der Waals surface area (Å²) in [6, 6.07) is 0. The molecule has 2 aliphatic rings. The lowest BCUT2D eigenvalue weighted by Gasteiger charge is -2.42. The highest BCUT2D eigenvalue weighted by Gasteiger charge is 2.38. The molecular weight excluding hydrogens is 178 g/mol. The Labute approximate surface area is 85.2 Å². The third kappa shape index (κ3) is 1.92. The van der Waals surface area contributed by atoms with E-state index in [0.717, 1.165) is 0 Å². The van der Waals surface area contributed by atoms with Gasteiger partial charge >= 0.3 is 0 Å². The van der Waals surface area contributed by atoms with Crippen molar-refractivity contribution < 1.29 is 9.53 Å². The molecule has 0 bridgehead atoms. The molecule has 2 fully saturated rings. The van der Waals surface area contributed by atoms with Gasteiger partial charge in [-0.25, -0.2) is 0 Å². The molecule has 1 saturated heterocycles. The molecule has 1 aliphatic carbocycles. The minimum Gasteiger partial charge on any atom is -0.363 e. The van der Waals surface area contributed by atoms with Crippen LogP contribution in [0.1, 0.15) is 39.0 Å². The summed E-state index contributed by atoms with van der Waals surface area (Å²) in [5, 5.41) is 2.91. The number of hydrogen-bond donors (Lipinski definition) is 1. The van der Waals surface area contributed by atoms with E-state index >= 15 is 0 Å². The number of amides is 1. The SMILES string of the molecule is CC1(C2CCCCC2)CNC(=O)CO1. The second kappa shape index (κ2) is 3.89. The predicted molar refractivity (Wildman–Crippen MR) is 53.9 cm³/mol. The number of rotatable bonds is 1. The van der Waals surface area contributed by atoms with Crippen molar-refractivity contribution in [1.82, 2.24) is 5.32 Å². The van der Waals surface area contributed by atoms with Crippen molar-refractivity contribution in [1.29, 1.82) is 0 Å². The van der Waals surface area contributed by atoms with Crippen LogP contribution in [-0.4, -0.2) is 24.7 Å². The summed E-state index contributed by atoms with van der Waals surface area (Å²) in [6.45, 7) is 3.08. The molecule has 0 aromatic heterocycles. The van der Waals surface area contributed by atoms with Gasteiger partial charge in [0.25, 0.3) is 0 Å². The molecule has 0 spiro atoms. The highest BCUT2D eigenvalue weighted by atomic mass is 16.5. The molecule has 1 N–H and O–H groups in total. The van der Waals surface area contributed by atoms with Crippen LogP contribution in [0.3, 0.4) is 0 Å². The zero-order chi connectivity index (χ0) is 10.0. The lowest BCUT2D eigenvalue weighted by Crippen LogP contribution is -2.55. The maximum Gasteiger partial charge on any atom is 0.246 e. The van der Waals surface area contributed by atoms with Gasteiger partial charge in [-0.2, -0.15) is 0 Å². The molecule has 1 amide bonds. The summed E-state index contributed by atoms with van der Waals surface area (Å²) >= 11 is 0. The summed E-state index contributed by atoms with van der Waals surface area (Å²) in [5.41, 5.74) is -0.103. The van der Waals surface area contributed by atoms with Gasteiger partial charge in [0.15, 0.2) is 0 Å². The fourth-order valence-corrected chi connectivity index (χ4v) is 2.58. The fraction of sp³-hybridized carbons (Fsp3) is 0.909. The maximum absolute atomic E-state index is 11.0. The first kappa shape index (κ1) is 9.97. The van der Waals surface area contributed by atoms with Gasteiger partial charge in [-0.3, -0.25) is 4.79 Å². The minimum atomic E-state index is -0.103. The first-order valence-electron chi connectivity index (χ1n) is 5.61. The van der Waals surface area contributed by atoms with Crippen LogP contribution < -0.4 is 5.32 Å². The van der Waals surface area contributed by atoms with Crippen molar-refractivity contribution in [3.63, 3.8) is 0 Å². The average molecular weight is 197 g/mol. The van der Waals surface area contributed by atoms with Gasteiger partial charge in [0.05, 0.1) is 5.60 Å². The number of morpholine rings is 1. The van der Waals surface area contributed by atoms with Gasteiger partial charge in [-0.15, -0.1) is 0 Å². The van der Waals surface area contributed by atoms with Crippen molar-refractivity contribution in [3.05, 3.63) is 0 Å². The first-order chi connectivity index (χ1) is 6.71. The lowest BCUT2D eigenvalue weighted by molar-refractivity contribution is -0.150. The van der Waals surface area contributed by atoms with Gasteiger partial charge in [0.1, 0.15) is 6.61 Å². The number of carbonyl (C=O) groups is 1. The highest BCUT2D eigenvalue weighted by molar-refractivity contribution is 5.78. The summed E-state index contributed by atoms with van der Waals surface area (Å²) in [4.78, 5) is 11.0. The van der Waals surface area contributed by atoms with E-state index in [2.05, 4.69) is 12.2 Å². The molecule has 1 heterocycles. The van der Waals surface area contributed by atoms with Crippen LogP contribution in [0.2, 0.25) is 0 Å². The van der Waals surface area contributed by atoms with Crippen molar-refractivity contribution in [2.45, 2.75) is 44.6 Å². The molecule has 80 valence electrons. The van der Waals surface area contributed by atoms with Gasteiger partial charge in [0.2, 0.25) is 5.91 Å². The van der Waals surface area contributed by atoms with Crippen molar-refractivity contribution in [2.24, 2.45) is 5.92 Å². The van der Waals surface area contributed by atoms with Crippen molar-refractivity contribution in [3.8, 4) is 0 Å². The normalized spacial score (nSPS) is 35.4. The van der Waals surface area contributed by atoms with E-state index < -0.39 is 0 Å². The Morgan fingerprint density at radius 3 is 2.64 bits per heavy atom. The molecule has 1 atom stereocenters. The van der Waals surface area contributed by atoms with Crippen LogP contribution in [-0.2, 0) is 9.53 Å². The smallest absolute Gasteiger partial charge is 0.246 e. The van der Waals surface area contributed by atoms with Crippen LogP contribution in [0, 0.1) is 5.92 Å². The van der Waals surface area contributed by atoms with Gasteiger partial charge < -0.3 is 10.1 Å². The van der Waals surface area contributed by atoms with Crippen LogP contribution in [0.15, 0.2) is 0 Å². The summed E-state index contributed by atoms with van der Waals surface area (Å²) in [7, 11) is 0. The summed E-state index contributed by atoms with van der Waals surface area (Å²) in [6.07, 6.45) is 6.51. The Morgan fingerprint density at radius 1 is 1.36 bits per heavy atom. The summed E-state index contributed by atoms with van der Waals surface area (Å²) in [5.74, 6) is 0.662. The largest absolute Gasteiger partial charge is 0.363 e. The number of hydrogen-bond acceptors (Lipinski definition) is 2. The van der Waals surface area contributed by atoms with Gasteiger partial charge in [-0.05, 0) is 25.7 Å². The van der Waals surface area contributed by atoms with Crippen LogP contribution in [0.5, 0.6) is 0 Å². The van der Waals surface area contributed by atoms with E-state index in [9.17, 15) is 4.79 Å². The third-order valence-electron chi connectivity index (χ3n) is 3.64. The molecule has 3 nitrogen and oxygen atoms in total. The Bertz CT molecular complexity index is 211.